The van der Waals surface area contributed by atoms with Gasteiger partial charge in [0.2, 0.25) is 0 Å². The first kappa shape index (κ1) is 18.5. The van der Waals surface area contributed by atoms with E-state index in [1.807, 2.05) is 6.07 Å². The number of methoxy groups -OCH3 is 2. The first-order valence-corrected chi connectivity index (χ1v) is 6.94. The van der Waals surface area contributed by atoms with Crippen LogP contribution in [-0.2, 0) is 20.7 Å². The Balaban J connectivity index is 2.55. The highest BCUT2D eigenvalue weighted by Gasteiger charge is 2.17. The van der Waals surface area contributed by atoms with E-state index in [2.05, 4.69) is 11.9 Å². The minimum Gasteiger partial charge on any atom is -0.493 e. The van der Waals surface area contributed by atoms with Gasteiger partial charge in [0, 0.05) is 7.11 Å². The van der Waals surface area contributed by atoms with Crippen LogP contribution in [0.15, 0.2) is 30.9 Å². The Kier molecular flexibility index (Phi) is 7.62. The summed E-state index contributed by atoms with van der Waals surface area (Å²) in [5, 5.41) is 11.2. The zero-order chi connectivity index (χ0) is 17.2. The van der Waals surface area contributed by atoms with Crippen LogP contribution in [0.25, 0.3) is 0 Å². The molecule has 1 amide bonds. The molecule has 0 aliphatic carbocycles. The average molecular weight is 323 g/mol. The van der Waals surface area contributed by atoms with Gasteiger partial charge in [-0.15, -0.1) is 6.58 Å². The minimum atomic E-state index is -1.15. The highest BCUT2D eigenvalue weighted by Crippen LogP contribution is 2.28. The summed E-state index contributed by atoms with van der Waals surface area (Å²) in [5.41, 5.74) is 1.01. The number of carbonyl (C=O) groups excluding carboxylic acids is 1. The fraction of sp³-hybridized carbons (Fsp3) is 0.375. The molecule has 0 saturated heterocycles. The van der Waals surface area contributed by atoms with Gasteiger partial charge in [0.15, 0.2) is 24.2 Å². The van der Waals surface area contributed by atoms with Crippen LogP contribution in [0.3, 0.4) is 0 Å². The zero-order valence-corrected chi connectivity index (χ0v) is 13.2. The maximum atomic E-state index is 11.7. The van der Waals surface area contributed by atoms with Gasteiger partial charge in [0.05, 0.1) is 13.7 Å². The normalized spacial score (nSPS) is 11.4. The number of carbonyl (C=O) groups is 2. The van der Waals surface area contributed by atoms with E-state index in [9.17, 15) is 9.59 Å². The van der Waals surface area contributed by atoms with E-state index < -0.39 is 18.0 Å². The lowest BCUT2D eigenvalue weighted by molar-refractivity contribution is -0.148. The second-order valence-electron chi connectivity index (χ2n) is 4.63. The number of benzene rings is 1. The molecule has 1 atom stereocenters. The molecule has 1 rings (SSSR count). The molecule has 0 spiro atoms. The third kappa shape index (κ3) is 5.99. The average Bonchev–Trinajstić information content (AvgIpc) is 2.54. The van der Waals surface area contributed by atoms with Crippen LogP contribution in [0.2, 0.25) is 0 Å². The molecule has 0 aliphatic rings. The largest absolute Gasteiger partial charge is 0.493 e. The van der Waals surface area contributed by atoms with Crippen molar-refractivity contribution in [2.45, 2.75) is 12.5 Å². The summed E-state index contributed by atoms with van der Waals surface area (Å²) in [6.07, 6.45) is 1.38. The fourth-order valence-electron chi connectivity index (χ4n) is 1.80. The maximum absolute atomic E-state index is 11.7. The van der Waals surface area contributed by atoms with Crippen LogP contribution in [0.4, 0.5) is 0 Å². The van der Waals surface area contributed by atoms with Gasteiger partial charge in [-0.25, -0.2) is 4.79 Å². The number of nitrogens with one attached hydrogen (secondary N) is 1. The Hall–Kier alpha value is -2.54. The molecule has 7 nitrogen and oxygen atoms in total. The topological polar surface area (TPSA) is 94.1 Å². The molecular weight excluding hydrogens is 302 g/mol. The fourth-order valence-corrected chi connectivity index (χ4v) is 1.80. The summed E-state index contributed by atoms with van der Waals surface area (Å²) >= 11 is 0. The third-order valence-electron chi connectivity index (χ3n) is 3.01. The molecular formula is C16H21NO6. The second-order valence-corrected chi connectivity index (χ2v) is 4.63. The molecule has 23 heavy (non-hydrogen) atoms. The smallest absolute Gasteiger partial charge is 0.334 e. The number of hydrogen-bond acceptors (Lipinski definition) is 5. The number of carboxylic acid groups (broad SMARTS) is 1. The number of aliphatic carboxylic acids is 1. The van der Waals surface area contributed by atoms with Crippen molar-refractivity contribution in [1.82, 2.24) is 5.32 Å². The van der Waals surface area contributed by atoms with Gasteiger partial charge in [-0.1, -0.05) is 12.1 Å². The number of carboxylic acids is 1. The number of ether oxygens (including phenoxy) is 3. The van der Waals surface area contributed by atoms with E-state index in [1.54, 1.807) is 18.2 Å². The van der Waals surface area contributed by atoms with Crippen molar-refractivity contribution in [2.24, 2.45) is 0 Å². The lowest BCUT2D eigenvalue weighted by atomic mass is 10.1. The molecule has 1 unspecified atom stereocenters. The molecule has 126 valence electrons. The van der Waals surface area contributed by atoms with Gasteiger partial charge in [0.1, 0.15) is 0 Å². The van der Waals surface area contributed by atoms with Crippen molar-refractivity contribution in [3.05, 3.63) is 36.4 Å². The van der Waals surface area contributed by atoms with E-state index >= 15 is 0 Å². The van der Waals surface area contributed by atoms with Crippen molar-refractivity contribution in [1.29, 1.82) is 0 Å². The van der Waals surface area contributed by atoms with Crippen molar-refractivity contribution >= 4 is 11.9 Å². The Bertz CT molecular complexity index is 558. The number of rotatable bonds is 10. The minimum absolute atomic E-state index is 0.135. The SMILES string of the molecule is C=CCc1ccc(OCC(=O)NCC(OC)C(=O)O)c(OC)c1. The molecule has 1 aromatic rings. The van der Waals surface area contributed by atoms with Crippen LogP contribution in [-0.4, -0.2) is 50.5 Å². The highest BCUT2D eigenvalue weighted by molar-refractivity contribution is 5.79. The van der Waals surface area contributed by atoms with Gasteiger partial charge in [0.25, 0.3) is 5.91 Å². The third-order valence-corrected chi connectivity index (χ3v) is 3.01. The van der Waals surface area contributed by atoms with Crippen molar-refractivity contribution in [2.75, 3.05) is 27.4 Å². The van der Waals surface area contributed by atoms with Gasteiger partial charge in [-0.05, 0) is 24.1 Å². The summed E-state index contributed by atoms with van der Waals surface area (Å²) in [7, 11) is 2.77. The number of hydrogen-bond donors (Lipinski definition) is 2. The number of allylic oxidation sites excluding steroid dienone is 1. The van der Waals surface area contributed by atoms with Crippen LogP contribution in [0.1, 0.15) is 5.56 Å². The van der Waals surface area contributed by atoms with Crippen LogP contribution >= 0.6 is 0 Å². The van der Waals surface area contributed by atoms with Crippen LogP contribution in [0.5, 0.6) is 11.5 Å². The lowest BCUT2D eigenvalue weighted by Crippen LogP contribution is -2.39. The monoisotopic (exact) mass is 323 g/mol. The molecule has 1 aromatic carbocycles. The Morgan fingerprint density at radius 3 is 2.65 bits per heavy atom. The summed E-state index contributed by atoms with van der Waals surface area (Å²) in [6, 6.07) is 5.36. The lowest BCUT2D eigenvalue weighted by Gasteiger charge is -2.13. The van der Waals surface area contributed by atoms with Crippen molar-refractivity contribution in [3.63, 3.8) is 0 Å². The molecule has 0 fully saturated rings. The van der Waals surface area contributed by atoms with Gasteiger partial charge in [-0.2, -0.15) is 0 Å². The van der Waals surface area contributed by atoms with Gasteiger partial charge < -0.3 is 24.6 Å². The van der Waals surface area contributed by atoms with Gasteiger partial charge >= 0.3 is 5.97 Å². The molecule has 2 N–H and O–H groups in total. The van der Waals surface area contributed by atoms with E-state index in [0.717, 1.165) is 5.56 Å². The molecule has 0 saturated carbocycles. The predicted molar refractivity (Wildman–Crippen MR) is 83.8 cm³/mol. The Labute approximate surface area is 134 Å². The van der Waals surface area contributed by atoms with Gasteiger partial charge in [-0.3, -0.25) is 4.79 Å². The summed E-state index contributed by atoms with van der Waals surface area (Å²) in [5.74, 6) is -0.659. The zero-order valence-electron chi connectivity index (χ0n) is 13.2. The first-order chi connectivity index (χ1) is 11.0. The Morgan fingerprint density at radius 2 is 2.09 bits per heavy atom. The van der Waals surface area contributed by atoms with Crippen molar-refractivity contribution in [3.8, 4) is 11.5 Å². The van der Waals surface area contributed by atoms with E-state index in [-0.39, 0.29) is 13.2 Å². The second kappa shape index (κ2) is 9.47. The molecule has 0 heterocycles. The van der Waals surface area contributed by atoms with Crippen LogP contribution in [0, 0.1) is 0 Å². The maximum Gasteiger partial charge on any atom is 0.334 e. The standard InChI is InChI=1S/C16H21NO6/c1-4-5-11-6-7-12(13(8-11)21-2)23-10-15(18)17-9-14(22-3)16(19)20/h4,6-8,14H,1,5,9-10H2,2-3H3,(H,17,18)(H,19,20). The van der Waals surface area contributed by atoms with E-state index in [4.69, 9.17) is 19.3 Å². The molecule has 0 bridgehead atoms. The molecule has 0 aromatic heterocycles. The van der Waals surface area contributed by atoms with E-state index in [0.29, 0.717) is 17.9 Å². The predicted octanol–water partition coefficient (Wildman–Crippen LogP) is 1.02. The summed E-state index contributed by atoms with van der Waals surface area (Å²) < 4.78 is 15.3. The molecule has 0 radical (unpaired) electrons. The quantitative estimate of drug-likeness (QED) is 0.624. The van der Waals surface area contributed by atoms with E-state index in [1.165, 1.54) is 14.2 Å². The summed E-state index contributed by atoms with van der Waals surface area (Å²) in [6.45, 7) is 3.28. The van der Waals surface area contributed by atoms with Crippen molar-refractivity contribution < 1.29 is 28.9 Å². The first-order valence-electron chi connectivity index (χ1n) is 6.94. The number of amides is 1. The van der Waals surface area contributed by atoms with Crippen LogP contribution < -0.4 is 14.8 Å². The molecule has 0 aliphatic heterocycles. The Morgan fingerprint density at radius 1 is 1.35 bits per heavy atom. The summed E-state index contributed by atoms with van der Waals surface area (Å²) in [4.78, 5) is 22.4. The highest BCUT2D eigenvalue weighted by atomic mass is 16.5. The molecule has 7 heteroatoms.